The highest BCUT2D eigenvalue weighted by Gasteiger charge is 2.35. The quantitative estimate of drug-likeness (QED) is 0.400. The van der Waals surface area contributed by atoms with Gasteiger partial charge in [0.1, 0.15) is 5.75 Å². The summed E-state index contributed by atoms with van der Waals surface area (Å²) in [6, 6.07) is 17.5. The number of hydrogen-bond acceptors (Lipinski definition) is 4. The molecule has 1 fully saturated rings. The minimum atomic E-state index is -0.264. The number of hydrogen-bond donors (Lipinski definition) is 0. The zero-order chi connectivity index (χ0) is 22.1. The Kier molecular flexibility index (Phi) is 6.07. The molecule has 0 aliphatic carbocycles. The third-order valence-corrected chi connectivity index (χ3v) is 6.93. The lowest BCUT2D eigenvalue weighted by Gasteiger charge is -2.13. The number of rotatable bonds is 5. The Morgan fingerprint density at radius 3 is 2.45 bits per heavy atom. The van der Waals surface area contributed by atoms with E-state index in [2.05, 4.69) is 20.5 Å². The molecule has 7 heteroatoms. The van der Waals surface area contributed by atoms with Gasteiger partial charge in [-0.05, 0) is 79.2 Å². The van der Waals surface area contributed by atoms with Crippen LogP contribution in [0.5, 0.6) is 5.75 Å². The monoisotopic (exact) mass is 496 g/mol. The van der Waals surface area contributed by atoms with Crippen LogP contribution in [-0.2, 0) is 11.3 Å². The lowest BCUT2D eigenvalue weighted by Crippen LogP contribution is -2.27. The molecule has 5 nitrogen and oxygen atoms in total. The molecule has 1 aromatic heterocycles. The summed E-state index contributed by atoms with van der Waals surface area (Å²) in [6.45, 7) is 4.27. The van der Waals surface area contributed by atoms with E-state index in [0.717, 1.165) is 50.2 Å². The highest BCUT2D eigenvalue weighted by atomic mass is 79.9. The van der Waals surface area contributed by atoms with Crippen molar-refractivity contribution in [2.45, 2.75) is 20.4 Å². The molecular weight excluding hydrogens is 476 g/mol. The molecule has 0 bridgehead atoms. The van der Waals surface area contributed by atoms with E-state index in [1.807, 2.05) is 74.5 Å². The Labute approximate surface area is 193 Å². The Hall–Kier alpha value is -2.77. The van der Waals surface area contributed by atoms with Crippen LogP contribution in [0.3, 0.4) is 0 Å². The summed E-state index contributed by atoms with van der Waals surface area (Å²) in [4.78, 5) is 27.2. The Balaban J connectivity index is 1.62. The van der Waals surface area contributed by atoms with Crippen molar-refractivity contribution >= 4 is 44.9 Å². The van der Waals surface area contributed by atoms with Crippen LogP contribution in [0.2, 0.25) is 0 Å². The molecule has 1 aliphatic rings. The number of aryl methyl sites for hydroxylation is 1. The van der Waals surface area contributed by atoms with Gasteiger partial charge in [-0.25, -0.2) is 0 Å². The number of aromatic nitrogens is 1. The van der Waals surface area contributed by atoms with E-state index in [1.165, 1.54) is 4.90 Å². The second kappa shape index (κ2) is 8.77. The van der Waals surface area contributed by atoms with E-state index in [4.69, 9.17) is 4.74 Å². The van der Waals surface area contributed by atoms with Crippen molar-refractivity contribution in [1.82, 2.24) is 9.47 Å². The van der Waals surface area contributed by atoms with E-state index in [-0.39, 0.29) is 17.7 Å². The lowest BCUT2D eigenvalue weighted by molar-refractivity contribution is -0.123. The number of methoxy groups -OCH3 is 1. The lowest BCUT2D eigenvalue weighted by atomic mass is 10.2. The molecule has 0 saturated carbocycles. The average molecular weight is 497 g/mol. The largest absolute Gasteiger partial charge is 0.497 e. The van der Waals surface area contributed by atoms with Gasteiger partial charge in [-0.3, -0.25) is 14.5 Å². The van der Waals surface area contributed by atoms with Gasteiger partial charge in [0.2, 0.25) is 0 Å². The van der Waals surface area contributed by atoms with Gasteiger partial charge in [0.25, 0.3) is 11.1 Å². The van der Waals surface area contributed by atoms with Crippen LogP contribution >= 0.6 is 27.7 Å². The molecule has 0 N–H and O–H groups in total. The predicted octanol–water partition coefficient (Wildman–Crippen LogP) is 6.10. The standard InChI is InChI=1S/C24H21BrN2O3S/c1-15-12-18(16(2)27(15)19-8-10-20(30-3)11-9-19)13-22-23(28)26(24(29)31-22)14-17-6-4-5-7-21(17)25/h4-13H,14H2,1-3H3/b22-13-. The molecule has 2 heterocycles. The van der Waals surface area contributed by atoms with Crippen molar-refractivity contribution < 1.29 is 14.3 Å². The maximum absolute atomic E-state index is 13.0. The fraction of sp³-hybridized carbons (Fsp3) is 0.167. The number of thioether (sulfide) groups is 1. The summed E-state index contributed by atoms with van der Waals surface area (Å²) in [7, 11) is 1.64. The summed E-state index contributed by atoms with van der Waals surface area (Å²) in [5.74, 6) is 0.533. The zero-order valence-electron chi connectivity index (χ0n) is 17.4. The number of benzene rings is 2. The minimum absolute atomic E-state index is 0.244. The van der Waals surface area contributed by atoms with Crippen LogP contribution in [0.15, 0.2) is 64.0 Å². The van der Waals surface area contributed by atoms with Gasteiger partial charge in [0, 0.05) is 21.5 Å². The van der Waals surface area contributed by atoms with E-state index in [1.54, 1.807) is 7.11 Å². The van der Waals surface area contributed by atoms with Gasteiger partial charge in [0.15, 0.2) is 0 Å². The molecule has 0 radical (unpaired) electrons. The Morgan fingerprint density at radius 1 is 1.06 bits per heavy atom. The van der Waals surface area contributed by atoms with Gasteiger partial charge >= 0.3 is 0 Å². The molecule has 4 rings (SSSR count). The highest BCUT2D eigenvalue weighted by molar-refractivity contribution is 9.10. The first-order chi connectivity index (χ1) is 14.9. The number of amides is 2. The SMILES string of the molecule is COc1ccc(-n2c(C)cc(/C=C3\SC(=O)N(Cc4ccccc4Br)C3=O)c2C)cc1. The minimum Gasteiger partial charge on any atom is -0.497 e. The summed E-state index contributed by atoms with van der Waals surface area (Å²) in [5, 5.41) is -0.254. The predicted molar refractivity (Wildman–Crippen MR) is 127 cm³/mol. The molecule has 2 amide bonds. The molecule has 2 aromatic carbocycles. The summed E-state index contributed by atoms with van der Waals surface area (Å²) < 4.78 is 8.24. The number of nitrogens with zero attached hydrogens (tertiary/aromatic N) is 2. The maximum atomic E-state index is 13.0. The van der Waals surface area contributed by atoms with Crippen LogP contribution < -0.4 is 4.74 Å². The molecule has 1 saturated heterocycles. The second-order valence-electron chi connectivity index (χ2n) is 7.22. The molecular formula is C24H21BrN2O3S. The molecule has 0 spiro atoms. The van der Waals surface area contributed by atoms with Crippen LogP contribution in [0.1, 0.15) is 22.5 Å². The maximum Gasteiger partial charge on any atom is 0.293 e. The fourth-order valence-electron chi connectivity index (χ4n) is 3.64. The van der Waals surface area contributed by atoms with Crippen LogP contribution in [0.25, 0.3) is 11.8 Å². The topological polar surface area (TPSA) is 51.5 Å². The Bertz CT molecular complexity index is 1200. The van der Waals surface area contributed by atoms with Crippen molar-refractivity contribution in [3.63, 3.8) is 0 Å². The third-order valence-electron chi connectivity index (χ3n) is 5.25. The number of ether oxygens (including phenoxy) is 1. The van der Waals surface area contributed by atoms with Crippen molar-refractivity contribution in [2.24, 2.45) is 0 Å². The smallest absolute Gasteiger partial charge is 0.293 e. The van der Waals surface area contributed by atoms with Gasteiger partial charge in [-0.15, -0.1) is 0 Å². The molecule has 158 valence electrons. The number of imide groups is 1. The Morgan fingerprint density at radius 2 is 1.77 bits per heavy atom. The van der Waals surface area contributed by atoms with Crippen molar-refractivity contribution in [3.8, 4) is 11.4 Å². The first kappa shape index (κ1) is 21.5. The summed E-state index contributed by atoms with van der Waals surface area (Å²) in [5.41, 5.74) is 4.86. The van der Waals surface area contributed by atoms with Gasteiger partial charge < -0.3 is 9.30 Å². The molecule has 0 atom stereocenters. The first-order valence-electron chi connectivity index (χ1n) is 9.71. The van der Waals surface area contributed by atoms with Crippen molar-refractivity contribution in [1.29, 1.82) is 0 Å². The van der Waals surface area contributed by atoms with Crippen molar-refractivity contribution in [3.05, 3.63) is 86.5 Å². The average Bonchev–Trinajstić information content (AvgIpc) is 3.19. The second-order valence-corrected chi connectivity index (χ2v) is 9.07. The normalized spacial score (nSPS) is 15.2. The van der Waals surface area contributed by atoms with Gasteiger partial charge in [0.05, 0.1) is 18.6 Å². The summed E-state index contributed by atoms with van der Waals surface area (Å²) in [6.07, 6.45) is 1.81. The van der Waals surface area contributed by atoms with Crippen LogP contribution in [0, 0.1) is 13.8 Å². The van der Waals surface area contributed by atoms with E-state index in [0.29, 0.717) is 4.91 Å². The van der Waals surface area contributed by atoms with Gasteiger partial charge in [-0.2, -0.15) is 0 Å². The van der Waals surface area contributed by atoms with E-state index < -0.39 is 0 Å². The first-order valence-corrected chi connectivity index (χ1v) is 11.3. The van der Waals surface area contributed by atoms with Crippen molar-refractivity contribution in [2.75, 3.05) is 7.11 Å². The zero-order valence-corrected chi connectivity index (χ0v) is 19.8. The van der Waals surface area contributed by atoms with Crippen LogP contribution in [-0.4, -0.2) is 27.7 Å². The highest BCUT2D eigenvalue weighted by Crippen LogP contribution is 2.35. The molecule has 1 aliphatic heterocycles. The number of carbonyl (C=O) groups is 2. The fourth-order valence-corrected chi connectivity index (χ4v) is 4.88. The third kappa shape index (κ3) is 4.20. The molecule has 31 heavy (non-hydrogen) atoms. The van der Waals surface area contributed by atoms with E-state index in [9.17, 15) is 9.59 Å². The van der Waals surface area contributed by atoms with Gasteiger partial charge in [-0.1, -0.05) is 34.1 Å². The number of carbonyl (C=O) groups excluding carboxylic acids is 2. The number of halogens is 1. The molecule has 0 unspecified atom stereocenters. The van der Waals surface area contributed by atoms with E-state index >= 15 is 0 Å². The summed E-state index contributed by atoms with van der Waals surface area (Å²) >= 11 is 4.47. The van der Waals surface area contributed by atoms with Crippen LogP contribution in [0.4, 0.5) is 4.79 Å². The molecule has 3 aromatic rings.